The lowest BCUT2D eigenvalue weighted by Gasteiger charge is -2.42. The zero-order valence-corrected chi connectivity index (χ0v) is 11.2. The molecule has 100 valence electrons. The first-order valence-corrected chi connectivity index (χ1v) is 6.15. The van der Waals surface area contributed by atoms with Crippen molar-refractivity contribution in [3.05, 3.63) is 23.7 Å². The minimum absolute atomic E-state index is 0.0540. The number of piperazine rings is 1. The second kappa shape index (κ2) is 5.12. The van der Waals surface area contributed by atoms with Gasteiger partial charge in [-0.25, -0.2) is 4.79 Å². The van der Waals surface area contributed by atoms with Gasteiger partial charge in [0.25, 0.3) is 0 Å². The predicted molar refractivity (Wildman–Crippen MR) is 67.4 cm³/mol. The van der Waals surface area contributed by atoms with Crippen LogP contribution in [0.1, 0.15) is 30.0 Å². The molecule has 1 aromatic rings. The molecule has 1 saturated heterocycles. The van der Waals surface area contributed by atoms with Gasteiger partial charge in [-0.15, -0.1) is 0 Å². The Kier molecular flexibility index (Phi) is 3.73. The molecule has 1 aliphatic rings. The summed E-state index contributed by atoms with van der Waals surface area (Å²) in [6.45, 7) is 7.82. The Hall–Kier alpha value is -1.33. The standard InChI is InChI=1S/C13H20N2O3/c1-13(2)9-14-5-6-15(13)8-11-10(4-7-18-11)12(16)17-3/h4,7,14H,5-6,8-9H2,1-3H3. The largest absolute Gasteiger partial charge is 0.467 e. The minimum atomic E-state index is -0.341. The van der Waals surface area contributed by atoms with Crippen LogP contribution in [0, 0.1) is 0 Å². The third-order valence-electron chi connectivity index (χ3n) is 3.46. The molecule has 0 unspecified atom stereocenters. The first-order valence-electron chi connectivity index (χ1n) is 6.15. The maximum absolute atomic E-state index is 11.6. The highest BCUT2D eigenvalue weighted by Crippen LogP contribution is 2.22. The number of furan rings is 1. The summed E-state index contributed by atoms with van der Waals surface area (Å²) >= 11 is 0. The van der Waals surface area contributed by atoms with E-state index in [1.807, 2.05) is 0 Å². The lowest BCUT2D eigenvalue weighted by Crippen LogP contribution is -2.57. The van der Waals surface area contributed by atoms with Crippen LogP contribution in [0.2, 0.25) is 0 Å². The first kappa shape index (κ1) is 13.1. The fourth-order valence-electron chi connectivity index (χ4n) is 2.24. The maximum Gasteiger partial charge on any atom is 0.341 e. The summed E-state index contributed by atoms with van der Waals surface area (Å²) in [4.78, 5) is 13.9. The highest BCUT2D eigenvalue weighted by molar-refractivity contribution is 5.90. The predicted octanol–water partition coefficient (Wildman–Crippen LogP) is 1.25. The highest BCUT2D eigenvalue weighted by atomic mass is 16.5. The lowest BCUT2D eigenvalue weighted by atomic mass is 10.00. The molecule has 0 radical (unpaired) electrons. The van der Waals surface area contributed by atoms with E-state index >= 15 is 0 Å². The van der Waals surface area contributed by atoms with Gasteiger partial charge in [0.05, 0.1) is 19.9 Å². The molecule has 1 aliphatic heterocycles. The molecule has 18 heavy (non-hydrogen) atoms. The number of nitrogens with one attached hydrogen (secondary N) is 1. The van der Waals surface area contributed by atoms with Crippen molar-refractivity contribution in [1.29, 1.82) is 0 Å². The van der Waals surface area contributed by atoms with Crippen LogP contribution in [-0.4, -0.2) is 43.2 Å². The summed E-state index contributed by atoms with van der Waals surface area (Å²) < 4.78 is 10.2. The second-order valence-corrected chi connectivity index (χ2v) is 5.16. The molecule has 1 N–H and O–H groups in total. The van der Waals surface area contributed by atoms with E-state index in [0.717, 1.165) is 19.6 Å². The van der Waals surface area contributed by atoms with Crippen LogP contribution in [0.25, 0.3) is 0 Å². The van der Waals surface area contributed by atoms with Crippen molar-refractivity contribution in [3.63, 3.8) is 0 Å². The van der Waals surface area contributed by atoms with Gasteiger partial charge in [-0.1, -0.05) is 0 Å². The van der Waals surface area contributed by atoms with Gasteiger partial charge in [-0.3, -0.25) is 4.90 Å². The maximum atomic E-state index is 11.6. The van der Waals surface area contributed by atoms with Gasteiger partial charge in [-0.2, -0.15) is 0 Å². The summed E-state index contributed by atoms with van der Waals surface area (Å²) in [5, 5.41) is 3.37. The summed E-state index contributed by atoms with van der Waals surface area (Å²) in [5.41, 5.74) is 0.574. The molecule has 1 aromatic heterocycles. The van der Waals surface area contributed by atoms with E-state index in [9.17, 15) is 4.79 Å². The molecule has 0 atom stereocenters. The topological polar surface area (TPSA) is 54.7 Å². The van der Waals surface area contributed by atoms with Gasteiger partial charge in [0, 0.05) is 25.2 Å². The van der Waals surface area contributed by atoms with E-state index in [0.29, 0.717) is 17.9 Å². The molecule has 0 spiro atoms. The lowest BCUT2D eigenvalue weighted by molar-refractivity contribution is 0.0577. The van der Waals surface area contributed by atoms with Crippen molar-refractivity contribution in [2.24, 2.45) is 0 Å². The summed E-state index contributed by atoms with van der Waals surface area (Å²) in [6.07, 6.45) is 1.54. The van der Waals surface area contributed by atoms with Crippen LogP contribution < -0.4 is 5.32 Å². The Labute approximate surface area is 107 Å². The Morgan fingerprint density at radius 2 is 2.39 bits per heavy atom. The van der Waals surface area contributed by atoms with Gasteiger partial charge in [0.2, 0.25) is 0 Å². The third-order valence-corrected chi connectivity index (χ3v) is 3.46. The summed E-state index contributed by atoms with van der Waals surface area (Å²) in [6, 6.07) is 1.66. The quantitative estimate of drug-likeness (QED) is 0.821. The van der Waals surface area contributed by atoms with Gasteiger partial charge >= 0.3 is 5.97 Å². The molecule has 0 amide bonds. The number of methoxy groups -OCH3 is 1. The van der Waals surface area contributed by atoms with Crippen LogP contribution in [0.3, 0.4) is 0 Å². The number of rotatable bonds is 3. The van der Waals surface area contributed by atoms with Crippen molar-refractivity contribution in [2.75, 3.05) is 26.7 Å². The van der Waals surface area contributed by atoms with E-state index in [1.165, 1.54) is 13.4 Å². The van der Waals surface area contributed by atoms with Crippen molar-refractivity contribution in [1.82, 2.24) is 10.2 Å². The third kappa shape index (κ3) is 2.57. The molecule has 0 aliphatic carbocycles. The van der Waals surface area contributed by atoms with Crippen molar-refractivity contribution in [3.8, 4) is 0 Å². The second-order valence-electron chi connectivity index (χ2n) is 5.16. The Morgan fingerprint density at radius 3 is 3.06 bits per heavy atom. The molecule has 0 bridgehead atoms. The number of ether oxygens (including phenoxy) is 1. The minimum Gasteiger partial charge on any atom is -0.467 e. The monoisotopic (exact) mass is 252 g/mol. The van der Waals surface area contributed by atoms with Gasteiger partial charge in [-0.05, 0) is 19.9 Å². The van der Waals surface area contributed by atoms with Gasteiger partial charge in [0.1, 0.15) is 11.3 Å². The van der Waals surface area contributed by atoms with E-state index < -0.39 is 0 Å². The summed E-state index contributed by atoms with van der Waals surface area (Å²) in [5.74, 6) is 0.337. The molecule has 0 aromatic carbocycles. The van der Waals surface area contributed by atoms with Crippen LogP contribution >= 0.6 is 0 Å². The molecule has 5 heteroatoms. The molecule has 2 rings (SSSR count). The SMILES string of the molecule is COC(=O)c1ccoc1CN1CCNCC1(C)C. The van der Waals surface area contributed by atoms with Crippen LogP contribution in [-0.2, 0) is 11.3 Å². The van der Waals surface area contributed by atoms with Crippen molar-refractivity contribution in [2.45, 2.75) is 25.9 Å². The van der Waals surface area contributed by atoms with E-state index in [2.05, 4.69) is 24.1 Å². The normalized spacial score (nSPS) is 19.7. The van der Waals surface area contributed by atoms with Crippen molar-refractivity contribution >= 4 is 5.97 Å². The van der Waals surface area contributed by atoms with Crippen molar-refractivity contribution < 1.29 is 13.9 Å². The fraction of sp³-hybridized carbons (Fsp3) is 0.615. The van der Waals surface area contributed by atoms with Crippen LogP contribution in [0.4, 0.5) is 0 Å². The Balaban J connectivity index is 2.14. The van der Waals surface area contributed by atoms with E-state index in [-0.39, 0.29) is 11.5 Å². The van der Waals surface area contributed by atoms with E-state index in [4.69, 9.17) is 9.15 Å². The fourth-order valence-corrected chi connectivity index (χ4v) is 2.24. The smallest absolute Gasteiger partial charge is 0.341 e. The highest BCUT2D eigenvalue weighted by Gasteiger charge is 2.31. The average molecular weight is 252 g/mol. The average Bonchev–Trinajstić information content (AvgIpc) is 2.79. The number of esters is 1. The number of hydrogen-bond donors (Lipinski definition) is 1. The number of hydrogen-bond acceptors (Lipinski definition) is 5. The van der Waals surface area contributed by atoms with Gasteiger partial charge < -0.3 is 14.5 Å². The Bertz CT molecular complexity index is 426. The zero-order valence-electron chi connectivity index (χ0n) is 11.2. The Morgan fingerprint density at radius 1 is 1.61 bits per heavy atom. The molecule has 2 heterocycles. The molecule has 0 saturated carbocycles. The van der Waals surface area contributed by atoms with Crippen LogP contribution in [0.5, 0.6) is 0 Å². The number of carbonyl (C=O) groups is 1. The number of carbonyl (C=O) groups excluding carboxylic acids is 1. The van der Waals surface area contributed by atoms with Gasteiger partial charge in [0.15, 0.2) is 0 Å². The molecule has 1 fully saturated rings. The molecular formula is C13H20N2O3. The van der Waals surface area contributed by atoms with E-state index in [1.54, 1.807) is 6.07 Å². The number of nitrogens with zero attached hydrogens (tertiary/aromatic N) is 1. The summed E-state index contributed by atoms with van der Waals surface area (Å²) in [7, 11) is 1.38. The molecule has 5 nitrogen and oxygen atoms in total. The molecular weight excluding hydrogens is 232 g/mol. The first-order chi connectivity index (χ1) is 8.54. The zero-order chi connectivity index (χ0) is 13.2. The van der Waals surface area contributed by atoms with Crippen LogP contribution in [0.15, 0.2) is 16.7 Å².